The minimum Gasteiger partial charge on any atom is -0.493 e. The highest BCUT2D eigenvalue weighted by Crippen LogP contribution is 2.37. The minimum absolute atomic E-state index is 0.189. The fourth-order valence-electron chi connectivity index (χ4n) is 10.5. The first-order valence-corrected chi connectivity index (χ1v) is 31.7. The van der Waals surface area contributed by atoms with Crippen molar-refractivity contribution in [2.75, 3.05) is 46.7 Å². The van der Waals surface area contributed by atoms with Crippen LogP contribution in [0.1, 0.15) is 143 Å². The van der Waals surface area contributed by atoms with E-state index in [0.29, 0.717) is 69.3 Å². The van der Waals surface area contributed by atoms with E-state index in [0.717, 1.165) is 111 Å². The van der Waals surface area contributed by atoms with Crippen molar-refractivity contribution >= 4 is 105 Å². The van der Waals surface area contributed by atoms with Crippen LogP contribution >= 0.6 is 38.6 Å². The number of para-hydroxylation sites is 2. The van der Waals surface area contributed by atoms with Crippen LogP contribution in [0.5, 0.6) is 5.75 Å². The van der Waals surface area contributed by atoms with E-state index in [4.69, 9.17) is 24.3 Å². The molecule has 0 saturated heterocycles. The maximum atomic E-state index is 13.8. The molecule has 5 aromatic carbocycles. The van der Waals surface area contributed by atoms with Gasteiger partial charge in [0.1, 0.15) is 28.6 Å². The Balaban J connectivity index is 0.000000204. The molecule has 19 heteroatoms. The van der Waals surface area contributed by atoms with E-state index in [1.54, 1.807) is 0 Å². The van der Waals surface area contributed by atoms with Crippen molar-refractivity contribution in [3.05, 3.63) is 182 Å². The zero-order valence-electron chi connectivity index (χ0n) is 50.0. The molecule has 0 radical (unpaired) electrons. The summed E-state index contributed by atoms with van der Waals surface area (Å²) >= 11 is 6.33. The summed E-state index contributed by atoms with van der Waals surface area (Å²) in [6.45, 7) is 16.2. The highest BCUT2D eigenvalue weighted by Gasteiger charge is 2.30. The maximum absolute atomic E-state index is 13.8. The average Bonchev–Trinajstić information content (AvgIpc) is 2.17. The number of benzene rings is 5. The largest absolute Gasteiger partial charge is 0.493 e. The van der Waals surface area contributed by atoms with E-state index in [9.17, 15) is 19.2 Å². The van der Waals surface area contributed by atoms with Crippen molar-refractivity contribution in [1.29, 1.82) is 0 Å². The highest BCUT2D eigenvalue weighted by atomic mass is 79.9. The van der Waals surface area contributed by atoms with Crippen LogP contribution in [0.3, 0.4) is 0 Å². The lowest BCUT2D eigenvalue weighted by Gasteiger charge is -2.31. The Labute approximate surface area is 523 Å². The molecule has 2 amide bonds. The summed E-state index contributed by atoms with van der Waals surface area (Å²) in [5.74, 6) is 0.692. The second kappa shape index (κ2) is 27.3. The molecule has 16 nitrogen and oxygen atoms in total. The first kappa shape index (κ1) is 62.0. The van der Waals surface area contributed by atoms with Gasteiger partial charge in [0.15, 0.2) is 21.7 Å². The molecule has 6 heterocycles. The van der Waals surface area contributed by atoms with Crippen LogP contribution in [0.15, 0.2) is 132 Å². The predicted molar refractivity (Wildman–Crippen MR) is 350 cm³/mol. The molecule has 0 aliphatic carbocycles. The van der Waals surface area contributed by atoms with Crippen LogP contribution in [0.4, 0.5) is 21.9 Å². The number of nitrogens with zero attached hydrogens (tertiary/aromatic N) is 6. The van der Waals surface area contributed by atoms with Crippen molar-refractivity contribution in [3.8, 4) is 16.9 Å². The van der Waals surface area contributed by atoms with Gasteiger partial charge < -0.3 is 29.1 Å². The number of nitrogens with one attached hydrogen (secondary N) is 2. The molecule has 4 aromatic heterocycles. The number of carbonyl (C=O) groups is 4. The minimum atomic E-state index is -0.710. The van der Waals surface area contributed by atoms with E-state index < -0.39 is 23.1 Å². The number of anilines is 4. The van der Waals surface area contributed by atoms with Crippen molar-refractivity contribution in [2.45, 2.75) is 118 Å². The molecule has 0 atom stereocenters. The normalized spacial score (nSPS) is 13.1. The molecule has 3 N–H and O–H groups in total. The van der Waals surface area contributed by atoms with Gasteiger partial charge in [-0.3, -0.25) is 20.2 Å². The zero-order valence-corrected chi connectivity index (χ0v) is 53.2. The molecule has 0 spiro atoms. The quantitative estimate of drug-likeness (QED) is 0.0575. The molecule has 11 rings (SSSR count). The van der Waals surface area contributed by atoms with Gasteiger partial charge in [0.2, 0.25) is 0 Å². The number of aromatic nitrogens is 4. The standard InChI is InChI=1S/C41H46N4O5S.C27H25BrN4O3S/c1-27-29(15-13-18-34(27)49-25-11-7-5-6-10-24-46)30-20-21-36(43-37(30)39(48)50-41(2,3)4)45-23-22-28-14-12-16-31(32(28)26-45)38(47)44-40-42-33-17-8-9-19-35(33)51-40;1-27(2,3)35-25(34)23-19(28)11-12-22(30-23)32-14-13-16-7-6-8-17(18(16)15-32)24(33)31-26-29-20-9-4-5-10-21(20)36-26/h8-9,12-21,46H,5-7,10-11,22-26H2,1-4H3,(H,42,44,47);4-12H,13-15H2,1-3H3,(H,29,31,33). The van der Waals surface area contributed by atoms with Crippen molar-refractivity contribution in [2.24, 2.45) is 0 Å². The third kappa shape index (κ3) is 15.4. The van der Waals surface area contributed by atoms with Gasteiger partial charge in [0, 0.05) is 49.5 Å². The molecule has 2 aliphatic heterocycles. The SMILES string of the molecule is CC(C)(C)OC(=O)c1nc(N2CCc3cccc(C(=O)Nc4nc5ccccc5s4)c3C2)ccc1Br.Cc1c(OCCCCCCCO)cccc1-c1ccc(N2CCc3cccc(C(=O)Nc4nc5ccccc5s4)c3C2)nc1C(=O)OC(C)(C)C. The summed E-state index contributed by atoms with van der Waals surface area (Å²) in [6, 6.07) is 40.7. The van der Waals surface area contributed by atoms with E-state index in [1.807, 2.05) is 164 Å². The topological polar surface area (TPSA) is 198 Å². The number of hydrogen-bond donors (Lipinski definition) is 3. The van der Waals surface area contributed by atoms with E-state index in [2.05, 4.69) is 63.4 Å². The molecular weight excluding hydrogens is 1200 g/mol. The number of rotatable bonds is 17. The number of amides is 2. The summed E-state index contributed by atoms with van der Waals surface area (Å²) in [4.78, 5) is 76.3. The summed E-state index contributed by atoms with van der Waals surface area (Å²) in [5, 5.41) is 16.1. The number of ether oxygens (including phenoxy) is 3. The van der Waals surface area contributed by atoms with Crippen molar-refractivity contribution in [3.63, 3.8) is 0 Å². The number of hydrogen-bond acceptors (Lipinski definition) is 16. The Kier molecular flexibility index (Phi) is 19.4. The van der Waals surface area contributed by atoms with Gasteiger partial charge in [-0.15, -0.1) is 0 Å². The Morgan fingerprint density at radius 1 is 0.563 bits per heavy atom. The van der Waals surface area contributed by atoms with Crippen LogP contribution in [-0.4, -0.2) is 86.3 Å². The highest BCUT2D eigenvalue weighted by molar-refractivity contribution is 9.10. The van der Waals surface area contributed by atoms with Gasteiger partial charge in [-0.25, -0.2) is 29.5 Å². The summed E-state index contributed by atoms with van der Waals surface area (Å²) in [7, 11) is 0. The Morgan fingerprint density at radius 2 is 1.06 bits per heavy atom. The molecule has 0 unspecified atom stereocenters. The number of aliphatic hydroxyl groups is 1. The number of pyridine rings is 2. The molecule has 87 heavy (non-hydrogen) atoms. The summed E-state index contributed by atoms with van der Waals surface area (Å²) < 4.78 is 20.2. The lowest BCUT2D eigenvalue weighted by atomic mass is 9.94. The third-order valence-electron chi connectivity index (χ3n) is 14.7. The van der Waals surface area contributed by atoms with Gasteiger partial charge in [-0.05, 0) is 190 Å². The zero-order chi connectivity index (χ0) is 61.4. The van der Waals surface area contributed by atoms with Crippen LogP contribution in [0.25, 0.3) is 31.6 Å². The molecule has 0 saturated carbocycles. The predicted octanol–water partition coefficient (Wildman–Crippen LogP) is 15.0. The number of carbonyl (C=O) groups excluding carboxylic acids is 4. The van der Waals surface area contributed by atoms with Crippen molar-refractivity contribution in [1.82, 2.24) is 19.9 Å². The Morgan fingerprint density at radius 3 is 1.60 bits per heavy atom. The average molecular weight is 1270 g/mol. The number of thiazole rings is 2. The Hall–Kier alpha value is -8.10. The van der Waals surface area contributed by atoms with Gasteiger partial charge >= 0.3 is 11.9 Å². The lowest BCUT2D eigenvalue weighted by molar-refractivity contribution is 0.00504. The fraction of sp³-hybridized carbons (Fsp3) is 0.324. The van der Waals surface area contributed by atoms with Gasteiger partial charge in [0.25, 0.3) is 11.8 Å². The summed E-state index contributed by atoms with van der Waals surface area (Å²) in [5.41, 5.74) is 8.64. The van der Waals surface area contributed by atoms with Crippen LogP contribution < -0.4 is 25.2 Å². The van der Waals surface area contributed by atoms with Gasteiger partial charge in [-0.2, -0.15) is 0 Å². The van der Waals surface area contributed by atoms with Gasteiger partial charge in [-0.1, -0.05) is 103 Å². The second-order valence-electron chi connectivity index (χ2n) is 23.4. The first-order valence-electron chi connectivity index (χ1n) is 29.3. The van der Waals surface area contributed by atoms with Crippen LogP contribution in [-0.2, 0) is 35.4 Å². The number of fused-ring (bicyclic) bond motifs is 4. The summed E-state index contributed by atoms with van der Waals surface area (Å²) in [6.07, 6.45) is 6.39. The van der Waals surface area contributed by atoms with Crippen LogP contribution in [0, 0.1) is 6.92 Å². The fourth-order valence-corrected chi connectivity index (χ4v) is 12.7. The molecule has 2 aliphatic rings. The molecule has 0 bridgehead atoms. The molecule has 0 fully saturated rings. The molecular formula is C68H71BrN8O8S2. The van der Waals surface area contributed by atoms with E-state index in [1.165, 1.54) is 22.7 Å². The second-order valence-corrected chi connectivity index (χ2v) is 26.4. The Bertz CT molecular complexity index is 3940. The number of halogens is 1. The maximum Gasteiger partial charge on any atom is 0.358 e. The molecule has 9 aromatic rings. The number of unbranched alkanes of at least 4 members (excludes halogenated alkanes) is 4. The monoisotopic (exact) mass is 1270 g/mol. The number of esters is 2. The molecule has 450 valence electrons. The van der Waals surface area contributed by atoms with E-state index >= 15 is 0 Å². The van der Waals surface area contributed by atoms with Crippen molar-refractivity contribution < 1.29 is 38.5 Å². The van der Waals surface area contributed by atoms with Gasteiger partial charge in [0.05, 0.1) is 31.5 Å². The smallest absolute Gasteiger partial charge is 0.358 e. The number of aliphatic hydroxyl groups excluding tert-OH is 1. The lowest BCUT2D eigenvalue weighted by Crippen LogP contribution is -2.33. The van der Waals surface area contributed by atoms with Crippen LogP contribution in [0.2, 0.25) is 0 Å². The first-order chi connectivity index (χ1) is 41.8. The third-order valence-corrected chi connectivity index (χ3v) is 17.3. The van der Waals surface area contributed by atoms with E-state index in [-0.39, 0.29) is 29.8 Å².